The Kier molecular flexibility index (Phi) is 3.47. The molecule has 8 heteroatoms. The molecule has 1 unspecified atom stereocenters. The van der Waals surface area contributed by atoms with E-state index in [-0.39, 0.29) is 11.1 Å². The smallest absolute Gasteiger partial charge is 0.260 e. The van der Waals surface area contributed by atoms with Crippen LogP contribution in [0.3, 0.4) is 0 Å². The van der Waals surface area contributed by atoms with Crippen LogP contribution >= 0.6 is 11.3 Å². The highest BCUT2D eigenvalue weighted by Gasteiger charge is 2.31. The number of anilines is 1. The number of nitrogens with zero attached hydrogens (tertiary/aromatic N) is 2. The molecule has 2 aromatic rings. The van der Waals surface area contributed by atoms with E-state index in [0.717, 1.165) is 12.8 Å². The van der Waals surface area contributed by atoms with E-state index in [9.17, 15) is 8.42 Å². The number of sulfonamides is 1. The van der Waals surface area contributed by atoms with E-state index in [2.05, 4.69) is 15.0 Å². The predicted molar refractivity (Wildman–Crippen MR) is 79.7 cm³/mol. The maximum atomic E-state index is 12.6. The normalized spacial score (nSPS) is 18.1. The lowest BCUT2D eigenvalue weighted by Crippen LogP contribution is -2.41. The molecule has 1 atom stereocenters. The third-order valence-electron chi connectivity index (χ3n) is 3.91. The summed E-state index contributed by atoms with van der Waals surface area (Å²) in [5.74, 6) is 0.846. The summed E-state index contributed by atoms with van der Waals surface area (Å²) in [5.41, 5.74) is 0. The monoisotopic (exact) mass is 314 g/mol. The molecular formula is C12H18N4O2S2. The van der Waals surface area contributed by atoms with Crippen molar-refractivity contribution in [3.8, 4) is 0 Å². The summed E-state index contributed by atoms with van der Waals surface area (Å²) in [6.07, 6.45) is 5.13. The van der Waals surface area contributed by atoms with Crippen LogP contribution in [0.25, 0.3) is 4.96 Å². The second-order valence-corrected chi connectivity index (χ2v) is 7.67. The molecule has 1 aliphatic carbocycles. The molecule has 1 saturated carbocycles. The highest BCUT2D eigenvalue weighted by Crippen LogP contribution is 2.31. The molecule has 0 spiro atoms. The van der Waals surface area contributed by atoms with Gasteiger partial charge < -0.3 is 5.32 Å². The second kappa shape index (κ2) is 5.01. The Hall–Kier alpha value is -1.12. The SMILES string of the molecule is CNc1nc2sccn2c1S(=O)(=O)NC(C)C1CCC1. The van der Waals surface area contributed by atoms with Crippen molar-refractivity contribution in [1.29, 1.82) is 0 Å². The summed E-state index contributed by atoms with van der Waals surface area (Å²) in [7, 11) is -1.90. The number of thiazole rings is 1. The summed E-state index contributed by atoms with van der Waals surface area (Å²) in [5, 5.41) is 4.89. The van der Waals surface area contributed by atoms with Gasteiger partial charge in [0.15, 0.2) is 15.8 Å². The van der Waals surface area contributed by atoms with Crippen molar-refractivity contribution in [2.75, 3.05) is 12.4 Å². The largest absolute Gasteiger partial charge is 0.371 e. The molecule has 0 aromatic carbocycles. The fourth-order valence-electron chi connectivity index (χ4n) is 2.52. The standard InChI is InChI=1S/C12H18N4O2S2/c1-8(9-4-3-5-9)15-20(17,18)11-10(13-2)14-12-16(11)6-7-19-12/h6-9,13,15H,3-5H2,1-2H3. The molecule has 0 radical (unpaired) electrons. The van der Waals surface area contributed by atoms with Gasteiger partial charge in [0, 0.05) is 24.7 Å². The van der Waals surface area contributed by atoms with Crippen molar-refractivity contribution in [2.24, 2.45) is 5.92 Å². The van der Waals surface area contributed by atoms with Gasteiger partial charge in [-0.15, -0.1) is 11.3 Å². The van der Waals surface area contributed by atoms with Crippen molar-refractivity contribution in [3.63, 3.8) is 0 Å². The quantitative estimate of drug-likeness (QED) is 0.884. The molecule has 0 aliphatic heterocycles. The molecule has 0 amide bonds. The van der Waals surface area contributed by atoms with Gasteiger partial charge in [-0.3, -0.25) is 4.40 Å². The van der Waals surface area contributed by atoms with Gasteiger partial charge in [-0.05, 0) is 25.7 Å². The van der Waals surface area contributed by atoms with E-state index >= 15 is 0 Å². The van der Waals surface area contributed by atoms with Gasteiger partial charge in [-0.25, -0.2) is 18.1 Å². The van der Waals surface area contributed by atoms with Crippen LogP contribution in [0, 0.1) is 5.92 Å². The van der Waals surface area contributed by atoms with Crippen molar-refractivity contribution in [3.05, 3.63) is 11.6 Å². The molecule has 20 heavy (non-hydrogen) atoms. The minimum atomic E-state index is -3.58. The third-order valence-corrected chi connectivity index (χ3v) is 6.25. The minimum absolute atomic E-state index is 0.0392. The number of fused-ring (bicyclic) bond motifs is 1. The van der Waals surface area contributed by atoms with Crippen LogP contribution in [0.4, 0.5) is 5.82 Å². The molecule has 2 aromatic heterocycles. The Morgan fingerprint density at radius 2 is 2.25 bits per heavy atom. The number of aromatic nitrogens is 2. The maximum absolute atomic E-state index is 12.6. The second-order valence-electron chi connectivity index (χ2n) is 5.17. The Morgan fingerprint density at radius 3 is 2.85 bits per heavy atom. The molecule has 0 bridgehead atoms. The highest BCUT2D eigenvalue weighted by atomic mass is 32.2. The van der Waals surface area contributed by atoms with E-state index < -0.39 is 10.0 Å². The molecule has 3 rings (SSSR count). The summed E-state index contributed by atoms with van der Waals surface area (Å²) >= 11 is 1.41. The molecule has 110 valence electrons. The molecule has 1 fully saturated rings. The average Bonchev–Trinajstić information content (AvgIpc) is 2.83. The van der Waals surface area contributed by atoms with Gasteiger partial charge >= 0.3 is 0 Å². The molecule has 0 saturated heterocycles. The van der Waals surface area contributed by atoms with E-state index in [0.29, 0.717) is 16.7 Å². The minimum Gasteiger partial charge on any atom is -0.371 e. The molecule has 2 N–H and O–H groups in total. The highest BCUT2D eigenvalue weighted by molar-refractivity contribution is 7.89. The number of nitrogens with one attached hydrogen (secondary N) is 2. The van der Waals surface area contributed by atoms with Crippen LogP contribution in [0.1, 0.15) is 26.2 Å². The Morgan fingerprint density at radius 1 is 1.50 bits per heavy atom. The molecular weight excluding hydrogens is 296 g/mol. The summed E-state index contributed by atoms with van der Waals surface area (Å²) in [6, 6.07) is -0.0392. The van der Waals surface area contributed by atoms with Crippen LogP contribution in [-0.4, -0.2) is 30.9 Å². The zero-order chi connectivity index (χ0) is 14.3. The van der Waals surface area contributed by atoms with Crippen molar-refractivity contribution >= 4 is 32.1 Å². The van der Waals surface area contributed by atoms with Gasteiger partial charge in [0.2, 0.25) is 0 Å². The van der Waals surface area contributed by atoms with E-state index in [1.165, 1.54) is 17.8 Å². The first-order chi connectivity index (χ1) is 9.53. The lowest BCUT2D eigenvalue weighted by molar-refractivity contribution is 0.260. The van der Waals surface area contributed by atoms with Gasteiger partial charge in [0.25, 0.3) is 10.0 Å². The summed E-state index contributed by atoms with van der Waals surface area (Å²) in [6.45, 7) is 1.94. The number of hydrogen-bond donors (Lipinski definition) is 2. The summed E-state index contributed by atoms with van der Waals surface area (Å²) in [4.78, 5) is 4.97. The molecule has 6 nitrogen and oxygen atoms in total. The van der Waals surface area contributed by atoms with Crippen molar-refractivity contribution < 1.29 is 8.42 Å². The van der Waals surface area contributed by atoms with E-state index in [1.54, 1.807) is 17.6 Å². The third kappa shape index (κ3) is 2.21. The molecule has 1 aliphatic rings. The summed E-state index contributed by atoms with van der Waals surface area (Å²) < 4.78 is 29.7. The average molecular weight is 314 g/mol. The first-order valence-electron chi connectivity index (χ1n) is 6.68. The Labute approximate surface area is 122 Å². The van der Waals surface area contributed by atoms with E-state index in [1.807, 2.05) is 12.3 Å². The van der Waals surface area contributed by atoms with Crippen LogP contribution in [0.15, 0.2) is 16.6 Å². The van der Waals surface area contributed by atoms with Gasteiger partial charge in [0.05, 0.1) is 0 Å². The van der Waals surface area contributed by atoms with Crippen molar-refractivity contribution in [2.45, 2.75) is 37.3 Å². The van der Waals surface area contributed by atoms with Gasteiger partial charge in [-0.2, -0.15) is 0 Å². The zero-order valence-corrected chi connectivity index (χ0v) is 13.1. The van der Waals surface area contributed by atoms with Crippen LogP contribution in [-0.2, 0) is 10.0 Å². The first kappa shape index (κ1) is 13.8. The number of rotatable bonds is 5. The lowest BCUT2D eigenvalue weighted by Gasteiger charge is -2.31. The van der Waals surface area contributed by atoms with Gasteiger partial charge in [0.1, 0.15) is 0 Å². The van der Waals surface area contributed by atoms with E-state index in [4.69, 9.17) is 0 Å². The van der Waals surface area contributed by atoms with Crippen LogP contribution in [0.5, 0.6) is 0 Å². The van der Waals surface area contributed by atoms with Crippen molar-refractivity contribution in [1.82, 2.24) is 14.1 Å². The fourth-order valence-corrected chi connectivity index (χ4v) is 4.90. The number of imidazole rings is 1. The predicted octanol–water partition coefficient (Wildman–Crippen LogP) is 1.90. The lowest BCUT2D eigenvalue weighted by atomic mass is 9.81. The maximum Gasteiger partial charge on any atom is 0.260 e. The van der Waals surface area contributed by atoms with Crippen LogP contribution in [0.2, 0.25) is 0 Å². The first-order valence-corrected chi connectivity index (χ1v) is 9.05. The zero-order valence-electron chi connectivity index (χ0n) is 11.5. The van der Waals surface area contributed by atoms with Crippen LogP contribution < -0.4 is 10.0 Å². The molecule has 2 heterocycles. The number of hydrogen-bond acceptors (Lipinski definition) is 5. The Bertz CT molecular complexity index is 715. The Balaban J connectivity index is 1.97. The van der Waals surface area contributed by atoms with Gasteiger partial charge in [-0.1, -0.05) is 6.42 Å². The fraction of sp³-hybridized carbons (Fsp3) is 0.583. The topological polar surface area (TPSA) is 75.5 Å².